The summed E-state index contributed by atoms with van der Waals surface area (Å²) in [6.07, 6.45) is 0. The molecule has 2 rings (SSSR count). The zero-order valence-corrected chi connectivity index (χ0v) is 16.4. The van der Waals surface area contributed by atoms with Crippen LogP contribution in [0.25, 0.3) is 0 Å². The summed E-state index contributed by atoms with van der Waals surface area (Å²) in [6, 6.07) is 16.0. The van der Waals surface area contributed by atoms with E-state index in [1.165, 1.54) is 12.5 Å². The molecule has 0 aliphatic carbocycles. The summed E-state index contributed by atoms with van der Waals surface area (Å²) in [5, 5.41) is 0. The fraction of sp³-hybridized carbons (Fsp3) is 0.316. The fourth-order valence-electron chi connectivity index (χ4n) is 1.95. The maximum absolute atomic E-state index is 11.5. The number of aryl methyl sites for hydroxylation is 1. The summed E-state index contributed by atoms with van der Waals surface area (Å²) in [7, 11) is 0. The van der Waals surface area contributed by atoms with Crippen LogP contribution in [0.5, 0.6) is 5.75 Å². The second-order valence-electron chi connectivity index (χ2n) is 6.39. The van der Waals surface area contributed by atoms with Gasteiger partial charge in [-0.3, -0.25) is 0 Å². The Kier molecular flexibility index (Phi) is 5.68. The average molecular weight is 426 g/mol. The summed E-state index contributed by atoms with van der Waals surface area (Å²) < 4.78 is 12.7. The molecule has 0 saturated carbocycles. The van der Waals surface area contributed by atoms with E-state index in [0.717, 1.165) is 14.9 Å². The Balaban J connectivity index is 2.34. The molecule has 0 spiro atoms. The number of rotatable bonds is 4. The Hall–Kier alpha value is -1.56. The van der Waals surface area contributed by atoms with E-state index in [0.29, 0.717) is 0 Å². The van der Waals surface area contributed by atoms with Gasteiger partial charge in [0.2, 0.25) is 0 Å². The quantitative estimate of drug-likeness (QED) is 0.611. The van der Waals surface area contributed by atoms with Gasteiger partial charge in [0.25, 0.3) is 0 Å². The Morgan fingerprint density at radius 1 is 1.04 bits per heavy atom. The van der Waals surface area contributed by atoms with Crippen molar-refractivity contribution < 1.29 is 10.9 Å². The van der Waals surface area contributed by atoms with Crippen molar-refractivity contribution >= 4 is 26.6 Å². The number of carbonyl (C=O) groups is 1. The van der Waals surface area contributed by atoms with E-state index >= 15 is 0 Å². The van der Waals surface area contributed by atoms with E-state index in [1.807, 2.05) is 37.3 Å². The minimum absolute atomic E-state index is 0.0407. The summed E-state index contributed by atoms with van der Waals surface area (Å²) in [5.41, 5.74) is 2.28. The van der Waals surface area contributed by atoms with Crippen LogP contribution in [0.1, 0.15) is 38.8 Å². The molecule has 0 amide bonds. The Morgan fingerprint density at radius 3 is 2.26 bits per heavy atom. The molecule has 4 heteroatoms. The van der Waals surface area contributed by atoms with Crippen molar-refractivity contribution in [3.63, 3.8) is 0 Å². The van der Waals surface area contributed by atoms with E-state index in [1.54, 1.807) is 0 Å². The van der Waals surface area contributed by atoms with Crippen molar-refractivity contribution in [3.8, 4) is 5.75 Å². The van der Waals surface area contributed by atoms with Gasteiger partial charge in [-0.15, -0.1) is 0 Å². The summed E-state index contributed by atoms with van der Waals surface area (Å²) in [5.74, 6) is 0.497. The molecule has 124 valence electrons. The van der Waals surface area contributed by atoms with Crippen molar-refractivity contribution in [1.29, 1.82) is 0 Å². The minimum atomic E-state index is -2.53. The van der Waals surface area contributed by atoms with Crippen LogP contribution < -0.4 is 3.07 Å². The zero-order chi connectivity index (χ0) is 17.0. The molecular weight excluding hydrogens is 403 g/mol. The third-order valence-electron chi connectivity index (χ3n) is 3.30. The molecule has 2 aromatic rings. The van der Waals surface area contributed by atoms with Crippen molar-refractivity contribution in [2.24, 2.45) is 0 Å². The fourth-order valence-corrected chi connectivity index (χ4v) is 5.02. The predicted molar refractivity (Wildman–Crippen MR) is 101 cm³/mol. The van der Waals surface area contributed by atoms with Crippen LogP contribution in [0.4, 0.5) is 0 Å². The van der Waals surface area contributed by atoms with Gasteiger partial charge in [0.15, 0.2) is 0 Å². The summed E-state index contributed by atoms with van der Waals surface area (Å²) in [6.45, 7) is 9.94. The molecular formula is C19H23IO3. The average Bonchev–Trinajstić information content (AvgIpc) is 2.48. The molecule has 0 aliphatic heterocycles. The Morgan fingerprint density at radius 2 is 1.70 bits per heavy atom. The number of carbonyl (C=O) groups excluding carboxylic acids is 1. The number of hydrogen-bond acceptors (Lipinski definition) is 3. The van der Waals surface area contributed by atoms with E-state index < -0.39 is 20.6 Å². The van der Waals surface area contributed by atoms with E-state index in [2.05, 4.69) is 39.0 Å². The zero-order valence-electron chi connectivity index (χ0n) is 14.2. The van der Waals surface area contributed by atoms with Crippen LogP contribution in [0.3, 0.4) is 0 Å². The van der Waals surface area contributed by atoms with Gasteiger partial charge in [-0.2, -0.15) is 0 Å². The second-order valence-corrected chi connectivity index (χ2v) is 9.76. The van der Waals surface area contributed by atoms with Gasteiger partial charge < -0.3 is 0 Å². The van der Waals surface area contributed by atoms with Crippen LogP contribution in [-0.2, 0) is 13.3 Å². The predicted octanol–water partition coefficient (Wildman–Crippen LogP) is 5.44. The van der Waals surface area contributed by atoms with E-state index in [-0.39, 0.29) is 11.4 Å². The normalized spacial score (nSPS) is 11.8. The van der Waals surface area contributed by atoms with E-state index in [9.17, 15) is 4.79 Å². The molecule has 0 fully saturated rings. The van der Waals surface area contributed by atoms with Gasteiger partial charge in [0, 0.05) is 0 Å². The molecule has 2 aromatic carbocycles. The molecule has 0 atom stereocenters. The number of benzene rings is 2. The molecule has 0 N–H and O–H groups in total. The number of halogens is 1. The van der Waals surface area contributed by atoms with Crippen LogP contribution in [0, 0.1) is 10.5 Å². The monoisotopic (exact) mass is 426 g/mol. The van der Waals surface area contributed by atoms with Gasteiger partial charge in [-0.1, -0.05) is 0 Å². The van der Waals surface area contributed by atoms with Crippen LogP contribution >= 0.6 is 20.6 Å². The first-order chi connectivity index (χ1) is 10.8. The first-order valence-electron chi connectivity index (χ1n) is 7.51. The van der Waals surface area contributed by atoms with Crippen LogP contribution in [0.2, 0.25) is 0 Å². The van der Waals surface area contributed by atoms with Gasteiger partial charge in [-0.05, 0) is 0 Å². The SMILES string of the molecule is CC(=O)OI(Oc1cc(C(C)(C)C)ccc1C)c1ccccc1. The van der Waals surface area contributed by atoms with Crippen LogP contribution in [0.15, 0.2) is 48.5 Å². The molecule has 0 radical (unpaired) electrons. The molecule has 0 heterocycles. The first kappa shape index (κ1) is 17.8. The molecule has 0 unspecified atom stereocenters. The third kappa shape index (κ3) is 4.96. The Labute approximate surface area is 146 Å². The summed E-state index contributed by atoms with van der Waals surface area (Å²) in [4.78, 5) is 11.5. The molecule has 0 saturated heterocycles. The van der Waals surface area contributed by atoms with E-state index in [4.69, 9.17) is 6.13 Å². The first-order valence-corrected chi connectivity index (χ1v) is 10.3. The van der Waals surface area contributed by atoms with Gasteiger partial charge in [0.05, 0.1) is 0 Å². The van der Waals surface area contributed by atoms with Gasteiger partial charge in [-0.25, -0.2) is 0 Å². The van der Waals surface area contributed by atoms with Crippen LogP contribution in [-0.4, -0.2) is 5.97 Å². The summed E-state index contributed by atoms with van der Waals surface area (Å²) >= 11 is -2.53. The molecule has 0 aliphatic rings. The maximum atomic E-state index is 11.5. The van der Waals surface area contributed by atoms with Crippen molar-refractivity contribution in [2.45, 2.75) is 40.0 Å². The topological polar surface area (TPSA) is 35.5 Å². The van der Waals surface area contributed by atoms with Gasteiger partial charge in [0.1, 0.15) is 0 Å². The Bertz CT molecular complexity index is 675. The third-order valence-corrected chi connectivity index (χ3v) is 6.93. The number of hydrogen-bond donors (Lipinski definition) is 0. The molecule has 0 aromatic heterocycles. The molecule has 0 bridgehead atoms. The standard InChI is InChI=1S/C19H23IO3/c1-14-11-12-16(19(3,4)5)13-18(14)23-20(22-15(2)21)17-9-7-6-8-10-17/h6-13H,1-5H3. The van der Waals surface area contributed by atoms with Crippen molar-refractivity contribution in [2.75, 3.05) is 0 Å². The van der Waals surface area contributed by atoms with Crippen molar-refractivity contribution in [1.82, 2.24) is 0 Å². The van der Waals surface area contributed by atoms with Gasteiger partial charge >= 0.3 is 147 Å². The molecule has 23 heavy (non-hydrogen) atoms. The van der Waals surface area contributed by atoms with Crippen molar-refractivity contribution in [3.05, 3.63) is 63.2 Å². The molecule has 3 nitrogen and oxygen atoms in total. The second kappa shape index (κ2) is 7.34.